The third kappa shape index (κ3) is 2.16. The van der Waals surface area contributed by atoms with Crippen molar-refractivity contribution in [3.05, 3.63) is 33.8 Å². The number of aldehydes is 1. The summed E-state index contributed by atoms with van der Waals surface area (Å²) in [6.07, 6.45) is 0.881. The lowest BCUT2D eigenvalue weighted by molar-refractivity contribution is -0.108. The van der Waals surface area contributed by atoms with Gasteiger partial charge in [0.1, 0.15) is 6.29 Å². The lowest BCUT2D eigenvalue weighted by Crippen LogP contribution is -1.95. The molecule has 66 valence electrons. The van der Waals surface area contributed by atoms with Gasteiger partial charge >= 0.3 is 0 Å². The highest BCUT2D eigenvalue weighted by Gasteiger charge is 2.08. The van der Waals surface area contributed by atoms with Crippen molar-refractivity contribution < 1.29 is 4.79 Å². The molecule has 0 radical (unpaired) electrons. The zero-order valence-corrected chi connectivity index (χ0v) is 8.71. The van der Waals surface area contributed by atoms with E-state index in [-0.39, 0.29) is 5.92 Å². The Balaban J connectivity index is 3.13. The quantitative estimate of drug-likeness (QED) is 0.743. The minimum absolute atomic E-state index is 0.137. The van der Waals surface area contributed by atoms with Gasteiger partial charge in [-0.15, -0.1) is 0 Å². The van der Waals surface area contributed by atoms with Gasteiger partial charge in [-0.3, -0.25) is 0 Å². The number of nitriles is 1. The van der Waals surface area contributed by atoms with E-state index in [1.165, 1.54) is 0 Å². The first kappa shape index (κ1) is 9.94. The van der Waals surface area contributed by atoms with E-state index in [9.17, 15) is 4.79 Å². The molecule has 0 aliphatic heterocycles. The van der Waals surface area contributed by atoms with E-state index in [1.807, 2.05) is 13.0 Å². The van der Waals surface area contributed by atoms with Gasteiger partial charge in [0.25, 0.3) is 0 Å². The Kier molecular flexibility index (Phi) is 3.21. The smallest absolute Gasteiger partial charge is 0.127 e. The van der Waals surface area contributed by atoms with Gasteiger partial charge in [0, 0.05) is 10.4 Å². The highest BCUT2D eigenvalue weighted by atomic mass is 79.9. The molecule has 0 heterocycles. The zero-order chi connectivity index (χ0) is 9.84. The minimum Gasteiger partial charge on any atom is -0.303 e. The highest BCUT2D eigenvalue weighted by molar-refractivity contribution is 9.10. The van der Waals surface area contributed by atoms with Crippen LogP contribution in [0.1, 0.15) is 24.0 Å². The van der Waals surface area contributed by atoms with Crippen LogP contribution in [0.2, 0.25) is 0 Å². The lowest BCUT2D eigenvalue weighted by Gasteiger charge is -2.06. The Morgan fingerprint density at radius 1 is 1.62 bits per heavy atom. The van der Waals surface area contributed by atoms with Crippen LogP contribution in [0, 0.1) is 11.3 Å². The van der Waals surface area contributed by atoms with E-state index < -0.39 is 0 Å². The summed E-state index contributed by atoms with van der Waals surface area (Å²) in [6.45, 7) is 1.82. The minimum atomic E-state index is -0.137. The van der Waals surface area contributed by atoms with Gasteiger partial charge < -0.3 is 4.79 Å². The number of carbonyl (C=O) groups excluding carboxylic acids is 1. The second-order valence-corrected chi connectivity index (χ2v) is 3.63. The summed E-state index contributed by atoms with van der Waals surface area (Å²) in [4.78, 5) is 10.5. The summed E-state index contributed by atoms with van der Waals surface area (Å²) in [5.41, 5.74) is 1.50. The van der Waals surface area contributed by atoms with Gasteiger partial charge in [-0.05, 0) is 17.7 Å². The van der Waals surface area contributed by atoms with Crippen molar-refractivity contribution in [2.24, 2.45) is 0 Å². The van der Waals surface area contributed by atoms with Crippen molar-refractivity contribution in [3.8, 4) is 6.07 Å². The molecular weight excluding hydrogens is 230 g/mol. The molecule has 3 heteroatoms. The molecule has 2 nitrogen and oxygen atoms in total. The van der Waals surface area contributed by atoms with Crippen LogP contribution in [-0.4, -0.2) is 6.29 Å². The summed E-state index contributed by atoms with van der Waals surface area (Å²) in [5, 5.41) is 8.61. The molecule has 1 aromatic rings. The second kappa shape index (κ2) is 4.20. The molecule has 1 rings (SSSR count). The average Bonchev–Trinajstić information content (AvgIpc) is 2.16. The number of rotatable bonds is 2. The second-order valence-electron chi connectivity index (χ2n) is 2.77. The maximum atomic E-state index is 10.5. The maximum absolute atomic E-state index is 10.5. The molecule has 0 N–H and O–H groups in total. The molecule has 0 amide bonds. The number of hydrogen-bond donors (Lipinski definition) is 0. The van der Waals surface area contributed by atoms with E-state index in [4.69, 9.17) is 5.26 Å². The predicted octanol–water partition coefficient (Wildman–Crippen LogP) is 2.62. The number of halogens is 1. The van der Waals surface area contributed by atoms with Crippen LogP contribution < -0.4 is 0 Å². The van der Waals surface area contributed by atoms with E-state index in [0.29, 0.717) is 5.56 Å². The van der Waals surface area contributed by atoms with E-state index >= 15 is 0 Å². The van der Waals surface area contributed by atoms with Gasteiger partial charge in [-0.1, -0.05) is 28.9 Å². The zero-order valence-electron chi connectivity index (χ0n) is 7.12. The lowest BCUT2D eigenvalue weighted by atomic mass is 10.0. The molecule has 0 aliphatic rings. The molecule has 0 fully saturated rings. The SMILES string of the molecule is CC(C=O)c1ccc(C#N)cc1Br. The highest BCUT2D eigenvalue weighted by Crippen LogP contribution is 2.24. The molecule has 0 spiro atoms. The monoisotopic (exact) mass is 237 g/mol. The number of hydrogen-bond acceptors (Lipinski definition) is 2. The first-order valence-corrected chi connectivity index (χ1v) is 4.63. The summed E-state index contributed by atoms with van der Waals surface area (Å²) in [5.74, 6) is -0.137. The number of carbonyl (C=O) groups is 1. The van der Waals surface area contributed by atoms with Crippen molar-refractivity contribution in [2.45, 2.75) is 12.8 Å². The van der Waals surface area contributed by atoms with E-state index in [2.05, 4.69) is 15.9 Å². The molecule has 0 aliphatic carbocycles. The summed E-state index contributed by atoms with van der Waals surface area (Å²) in [7, 11) is 0. The van der Waals surface area contributed by atoms with Gasteiger partial charge in [0.15, 0.2) is 0 Å². The molecule has 1 atom stereocenters. The molecule has 0 saturated heterocycles. The van der Waals surface area contributed by atoms with E-state index in [1.54, 1.807) is 18.2 Å². The summed E-state index contributed by atoms with van der Waals surface area (Å²) < 4.78 is 0.811. The summed E-state index contributed by atoms with van der Waals surface area (Å²) >= 11 is 3.32. The third-order valence-corrected chi connectivity index (χ3v) is 2.51. The van der Waals surface area contributed by atoms with Crippen LogP contribution in [-0.2, 0) is 4.79 Å². The average molecular weight is 238 g/mol. The Hall–Kier alpha value is -1.14. The van der Waals surface area contributed by atoms with Crippen molar-refractivity contribution in [2.75, 3.05) is 0 Å². The van der Waals surface area contributed by atoms with Gasteiger partial charge in [-0.2, -0.15) is 5.26 Å². The van der Waals surface area contributed by atoms with Crippen LogP contribution in [0.5, 0.6) is 0 Å². The maximum Gasteiger partial charge on any atom is 0.127 e. The third-order valence-electron chi connectivity index (χ3n) is 1.82. The topological polar surface area (TPSA) is 40.9 Å². The van der Waals surface area contributed by atoms with Crippen molar-refractivity contribution in [1.29, 1.82) is 5.26 Å². The molecule has 0 aromatic heterocycles. The Morgan fingerprint density at radius 2 is 2.31 bits per heavy atom. The van der Waals surface area contributed by atoms with Crippen molar-refractivity contribution in [3.63, 3.8) is 0 Å². The van der Waals surface area contributed by atoms with Gasteiger partial charge in [0.05, 0.1) is 11.6 Å². The fourth-order valence-electron chi connectivity index (χ4n) is 1.04. The first-order valence-electron chi connectivity index (χ1n) is 3.84. The van der Waals surface area contributed by atoms with Gasteiger partial charge in [-0.25, -0.2) is 0 Å². The molecule has 13 heavy (non-hydrogen) atoms. The van der Waals surface area contributed by atoms with E-state index in [0.717, 1.165) is 16.3 Å². The largest absolute Gasteiger partial charge is 0.303 e. The fraction of sp³-hybridized carbons (Fsp3) is 0.200. The van der Waals surface area contributed by atoms with Gasteiger partial charge in [0.2, 0.25) is 0 Å². The number of benzene rings is 1. The Morgan fingerprint density at radius 3 is 2.77 bits per heavy atom. The number of nitrogens with zero attached hydrogens (tertiary/aromatic N) is 1. The molecular formula is C10H8BrNO. The molecule has 0 bridgehead atoms. The van der Waals surface area contributed by atoms with Crippen LogP contribution in [0.4, 0.5) is 0 Å². The Labute approximate surface area is 85.3 Å². The molecule has 1 aromatic carbocycles. The van der Waals surface area contributed by atoms with Crippen molar-refractivity contribution >= 4 is 22.2 Å². The standard InChI is InChI=1S/C10H8BrNO/c1-7(6-13)9-3-2-8(5-12)4-10(9)11/h2-4,6-7H,1H3. The van der Waals surface area contributed by atoms with Crippen molar-refractivity contribution in [1.82, 2.24) is 0 Å². The molecule has 1 unspecified atom stereocenters. The molecule has 0 saturated carbocycles. The Bertz CT molecular complexity index is 368. The van der Waals surface area contributed by atoms with Crippen LogP contribution in [0.15, 0.2) is 22.7 Å². The normalized spacial score (nSPS) is 11.8. The fourth-order valence-corrected chi connectivity index (χ4v) is 1.78. The van der Waals surface area contributed by atoms with Crippen LogP contribution in [0.3, 0.4) is 0 Å². The first-order chi connectivity index (χ1) is 6.19. The summed E-state index contributed by atoms with van der Waals surface area (Å²) in [6, 6.07) is 7.25. The predicted molar refractivity (Wildman–Crippen MR) is 53.3 cm³/mol. The van der Waals surface area contributed by atoms with Crippen LogP contribution in [0.25, 0.3) is 0 Å². The van der Waals surface area contributed by atoms with Crippen LogP contribution >= 0.6 is 15.9 Å².